The molecule has 0 aliphatic rings. The largest absolute Gasteiger partial charge is 0.726 e. The van der Waals surface area contributed by atoms with Crippen molar-refractivity contribution in [1.29, 1.82) is 0 Å². The predicted molar refractivity (Wildman–Crippen MR) is 159 cm³/mol. The molecule has 8 nitrogen and oxygen atoms in total. The normalized spacial score (nSPS) is 13.3. The van der Waals surface area contributed by atoms with E-state index in [0.717, 1.165) is 6.54 Å². The molecule has 38 heavy (non-hydrogen) atoms. The fourth-order valence-corrected chi connectivity index (χ4v) is 8.06. The monoisotopic (exact) mass is 585 g/mol. The molecule has 1 atom stereocenters. The van der Waals surface area contributed by atoms with Crippen molar-refractivity contribution in [3.05, 3.63) is 0 Å². The third-order valence-corrected chi connectivity index (χ3v) is 10.6. The number of quaternary nitrogens is 1. The average Bonchev–Trinajstić information content (AvgIpc) is 2.85. The van der Waals surface area contributed by atoms with Crippen molar-refractivity contribution in [1.82, 2.24) is 0 Å². The second kappa shape index (κ2) is 24.7. The summed E-state index contributed by atoms with van der Waals surface area (Å²) in [7, 11) is -2.27. The van der Waals surface area contributed by atoms with Gasteiger partial charge in [-0.25, -0.2) is 8.42 Å². The van der Waals surface area contributed by atoms with Gasteiger partial charge in [-0.3, -0.25) is 4.55 Å². The van der Waals surface area contributed by atoms with Gasteiger partial charge in [-0.2, -0.15) is 0 Å². The molecule has 0 aromatic heterocycles. The Labute approximate surface area is 237 Å². The molecule has 0 aliphatic heterocycles. The molecule has 0 aromatic rings. The molecule has 0 aromatic carbocycles. The van der Waals surface area contributed by atoms with Gasteiger partial charge in [-0.1, -0.05) is 105 Å². The maximum atomic E-state index is 8.63. The number of nitrogens with zero attached hydrogens (tertiary/aromatic N) is 1. The van der Waals surface area contributed by atoms with Crippen LogP contribution in [0.25, 0.3) is 0 Å². The van der Waals surface area contributed by atoms with Crippen molar-refractivity contribution < 1.29 is 35.3 Å². The zero-order chi connectivity index (χ0) is 29.3. The standard InChI is InChI=1S/C28H62NO3Si.H2O4S/c1-8-11-12-13-14-15-16-17-18-19-20-21-22-23-26-29(24-9-2,25-10-3)27-28(4)33(30-5,31-6)32-7;1-5(2,3)4/h28H,8-27H2,1-7H3;(H2,1,2,3,4)/q+1;/p-1. The zero-order valence-electron chi connectivity index (χ0n) is 26.0. The van der Waals surface area contributed by atoms with Crippen LogP contribution in [0, 0.1) is 0 Å². The van der Waals surface area contributed by atoms with Gasteiger partial charge in [0, 0.05) is 21.3 Å². The van der Waals surface area contributed by atoms with Crippen molar-refractivity contribution in [2.75, 3.05) is 47.5 Å². The van der Waals surface area contributed by atoms with Crippen LogP contribution in [0.4, 0.5) is 0 Å². The number of hydrogen-bond donors (Lipinski definition) is 1. The maximum absolute atomic E-state index is 8.63. The smallest absolute Gasteiger partial charge is 0.508 e. The van der Waals surface area contributed by atoms with E-state index in [1.54, 1.807) is 21.3 Å². The SMILES string of the molecule is CCCCCCCCCCCCCCCC[N+](CCC)(CCC)CC(C)[Si](OC)(OC)OC.O=S(=O)([O-])O. The molecular formula is C28H63NO7SSi. The highest BCUT2D eigenvalue weighted by molar-refractivity contribution is 7.79. The fraction of sp³-hybridized carbons (Fsp3) is 1.00. The van der Waals surface area contributed by atoms with E-state index in [9.17, 15) is 0 Å². The molecule has 0 amide bonds. The summed E-state index contributed by atoms with van der Waals surface area (Å²) in [6.45, 7) is 14.1. The van der Waals surface area contributed by atoms with Crippen LogP contribution in [0.15, 0.2) is 0 Å². The van der Waals surface area contributed by atoms with Crippen LogP contribution in [-0.2, 0) is 23.7 Å². The fourth-order valence-electron chi connectivity index (χ4n) is 5.75. The summed E-state index contributed by atoms with van der Waals surface area (Å²) in [5.41, 5.74) is 0.308. The average molecular weight is 586 g/mol. The summed E-state index contributed by atoms with van der Waals surface area (Å²) < 4.78 is 51.5. The van der Waals surface area contributed by atoms with E-state index in [-0.39, 0.29) is 0 Å². The van der Waals surface area contributed by atoms with Gasteiger partial charge >= 0.3 is 8.80 Å². The Kier molecular flexibility index (Phi) is 26.0. The Bertz CT molecular complexity index is 596. The van der Waals surface area contributed by atoms with Crippen LogP contribution in [0.3, 0.4) is 0 Å². The second-order valence-electron chi connectivity index (χ2n) is 10.8. The van der Waals surface area contributed by atoms with E-state index in [1.165, 1.54) is 127 Å². The van der Waals surface area contributed by atoms with Crippen molar-refractivity contribution in [3.63, 3.8) is 0 Å². The summed E-state index contributed by atoms with van der Waals surface area (Å²) >= 11 is 0. The number of rotatable bonds is 25. The van der Waals surface area contributed by atoms with Gasteiger partial charge in [0.15, 0.2) is 0 Å². The molecule has 0 spiro atoms. The highest BCUT2D eigenvalue weighted by Gasteiger charge is 2.48. The summed E-state index contributed by atoms with van der Waals surface area (Å²) in [5.74, 6) is 0. The Balaban J connectivity index is 0. The first-order chi connectivity index (χ1) is 18.0. The molecule has 0 rings (SSSR count). The van der Waals surface area contributed by atoms with Crippen molar-refractivity contribution in [2.45, 2.75) is 136 Å². The van der Waals surface area contributed by atoms with E-state index in [1.807, 2.05) is 0 Å². The third-order valence-electron chi connectivity index (χ3n) is 7.50. The minimum atomic E-state index is -4.92. The lowest BCUT2D eigenvalue weighted by molar-refractivity contribution is -0.928. The summed E-state index contributed by atoms with van der Waals surface area (Å²) in [4.78, 5) is 0. The molecular weight excluding hydrogens is 522 g/mol. The van der Waals surface area contributed by atoms with E-state index in [2.05, 4.69) is 27.7 Å². The van der Waals surface area contributed by atoms with Gasteiger partial charge in [0.25, 0.3) is 0 Å². The van der Waals surface area contributed by atoms with Crippen LogP contribution in [0.2, 0.25) is 5.54 Å². The lowest BCUT2D eigenvalue weighted by Gasteiger charge is -2.43. The molecule has 0 radical (unpaired) electrons. The van der Waals surface area contributed by atoms with Gasteiger partial charge in [-0.15, -0.1) is 0 Å². The van der Waals surface area contributed by atoms with E-state index in [4.69, 9.17) is 30.8 Å². The van der Waals surface area contributed by atoms with Gasteiger partial charge in [-0.05, 0) is 25.7 Å². The molecule has 0 aliphatic carbocycles. The summed E-state index contributed by atoms with van der Waals surface area (Å²) in [5, 5.41) is 0. The predicted octanol–water partition coefficient (Wildman–Crippen LogP) is 7.38. The van der Waals surface area contributed by atoms with Crippen molar-refractivity contribution >= 4 is 19.2 Å². The molecule has 0 heterocycles. The van der Waals surface area contributed by atoms with Gasteiger partial charge in [0.2, 0.25) is 10.4 Å². The molecule has 1 N–H and O–H groups in total. The molecule has 232 valence electrons. The zero-order valence-corrected chi connectivity index (χ0v) is 27.8. The van der Waals surface area contributed by atoms with Crippen LogP contribution in [-0.4, -0.2) is 78.3 Å². The lowest BCUT2D eigenvalue weighted by atomic mass is 10.0. The number of hydrogen-bond acceptors (Lipinski definition) is 6. The maximum Gasteiger partial charge on any atom is 0.508 e. The Morgan fingerprint density at radius 1 is 0.658 bits per heavy atom. The topological polar surface area (TPSA) is 105 Å². The van der Waals surface area contributed by atoms with Crippen molar-refractivity contribution in [3.8, 4) is 0 Å². The van der Waals surface area contributed by atoms with E-state index < -0.39 is 19.2 Å². The molecule has 10 heteroatoms. The first-order valence-electron chi connectivity index (χ1n) is 15.2. The molecule has 0 fully saturated rings. The highest BCUT2D eigenvalue weighted by atomic mass is 32.3. The molecule has 0 saturated heterocycles. The van der Waals surface area contributed by atoms with E-state index in [0.29, 0.717) is 5.54 Å². The molecule has 0 bridgehead atoms. The Morgan fingerprint density at radius 2 is 0.974 bits per heavy atom. The molecule has 0 saturated carbocycles. The Hall–Kier alpha value is -0.0731. The lowest BCUT2D eigenvalue weighted by Crippen LogP contribution is -2.57. The minimum Gasteiger partial charge on any atom is -0.726 e. The van der Waals surface area contributed by atoms with Crippen LogP contribution < -0.4 is 0 Å². The van der Waals surface area contributed by atoms with Crippen LogP contribution in [0.1, 0.15) is 130 Å². The van der Waals surface area contributed by atoms with Crippen molar-refractivity contribution in [2.24, 2.45) is 0 Å². The molecule has 1 unspecified atom stereocenters. The van der Waals surface area contributed by atoms with Crippen LogP contribution >= 0.6 is 0 Å². The highest BCUT2D eigenvalue weighted by Crippen LogP contribution is 2.29. The second-order valence-corrected chi connectivity index (χ2v) is 15.1. The third kappa shape index (κ3) is 21.7. The van der Waals surface area contributed by atoms with Gasteiger partial charge < -0.3 is 22.3 Å². The van der Waals surface area contributed by atoms with Gasteiger partial charge in [0.05, 0.1) is 31.7 Å². The first-order valence-corrected chi connectivity index (χ1v) is 18.3. The summed E-state index contributed by atoms with van der Waals surface area (Å²) in [6, 6.07) is 0. The first kappa shape index (κ1) is 40.1. The minimum absolute atomic E-state index is 0.308. The Morgan fingerprint density at radius 3 is 1.26 bits per heavy atom. The quantitative estimate of drug-likeness (QED) is 0.0392. The number of unbranched alkanes of at least 4 members (excludes halogenated alkanes) is 13. The van der Waals surface area contributed by atoms with E-state index >= 15 is 0 Å². The summed E-state index contributed by atoms with van der Waals surface area (Å²) in [6.07, 6.45) is 22.3. The van der Waals surface area contributed by atoms with Crippen LogP contribution in [0.5, 0.6) is 0 Å². The van der Waals surface area contributed by atoms with Gasteiger partial charge in [0.1, 0.15) is 0 Å².